The summed E-state index contributed by atoms with van der Waals surface area (Å²) in [4.78, 5) is -0.340. The Balaban J connectivity index is 2.32. The van der Waals surface area contributed by atoms with Crippen LogP contribution in [0, 0.1) is 18.7 Å². The van der Waals surface area contributed by atoms with Gasteiger partial charge in [-0.05, 0) is 37.0 Å². The third kappa shape index (κ3) is 2.79. The van der Waals surface area contributed by atoms with Crippen LogP contribution in [0.2, 0.25) is 0 Å². The number of benzene rings is 1. The van der Waals surface area contributed by atoms with Gasteiger partial charge >= 0.3 is 0 Å². The van der Waals surface area contributed by atoms with Crippen LogP contribution >= 0.6 is 0 Å². The Morgan fingerprint density at radius 1 is 1.50 bits per heavy atom. The number of sulfonamides is 1. The molecule has 0 saturated carbocycles. The number of nitrogens with two attached hydrogens (primary N) is 1. The molecule has 20 heavy (non-hydrogen) atoms. The molecule has 1 atom stereocenters. The fraction of sp³-hybridized carbons (Fsp3) is 0.538. The van der Waals surface area contributed by atoms with Crippen molar-refractivity contribution in [1.29, 1.82) is 0 Å². The summed E-state index contributed by atoms with van der Waals surface area (Å²) in [6.07, 6.45) is 0.718. The van der Waals surface area contributed by atoms with Gasteiger partial charge in [0.05, 0.1) is 6.61 Å². The fourth-order valence-electron chi connectivity index (χ4n) is 2.48. The van der Waals surface area contributed by atoms with Crippen molar-refractivity contribution < 1.29 is 17.5 Å². The summed E-state index contributed by atoms with van der Waals surface area (Å²) >= 11 is 0. The highest BCUT2D eigenvalue weighted by Crippen LogP contribution is 2.28. The molecular weight excluding hydrogens is 283 g/mol. The Kier molecular flexibility index (Phi) is 4.31. The lowest BCUT2D eigenvalue weighted by Crippen LogP contribution is -2.30. The van der Waals surface area contributed by atoms with E-state index in [1.807, 2.05) is 0 Å². The van der Waals surface area contributed by atoms with Crippen LogP contribution in [0.1, 0.15) is 12.0 Å². The third-order valence-electron chi connectivity index (χ3n) is 3.51. The van der Waals surface area contributed by atoms with Crippen molar-refractivity contribution in [2.75, 3.05) is 32.5 Å². The van der Waals surface area contributed by atoms with E-state index in [4.69, 9.17) is 10.5 Å². The van der Waals surface area contributed by atoms with E-state index in [1.54, 1.807) is 7.11 Å². The summed E-state index contributed by atoms with van der Waals surface area (Å²) in [6, 6.07) is 2.60. The molecule has 1 aromatic carbocycles. The van der Waals surface area contributed by atoms with Crippen LogP contribution < -0.4 is 5.73 Å². The van der Waals surface area contributed by atoms with Crippen LogP contribution in [0.15, 0.2) is 17.0 Å². The lowest BCUT2D eigenvalue weighted by molar-refractivity contribution is 0.157. The van der Waals surface area contributed by atoms with E-state index in [-0.39, 0.29) is 22.1 Å². The van der Waals surface area contributed by atoms with Crippen LogP contribution in [0.25, 0.3) is 0 Å². The van der Waals surface area contributed by atoms with E-state index < -0.39 is 15.8 Å². The minimum absolute atomic E-state index is 0.153. The van der Waals surface area contributed by atoms with Crippen LogP contribution in [-0.4, -0.2) is 39.5 Å². The smallest absolute Gasteiger partial charge is 0.246 e. The average Bonchev–Trinajstić information content (AvgIpc) is 2.83. The summed E-state index contributed by atoms with van der Waals surface area (Å²) in [5.41, 5.74) is 6.11. The number of methoxy groups -OCH3 is 1. The number of nitrogen functional groups attached to an aromatic ring is 1. The van der Waals surface area contributed by atoms with Crippen LogP contribution in [0.5, 0.6) is 0 Å². The van der Waals surface area contributed by atoms with Crippen molar-refractivity contribution in [3.05, 3.63) is 23.5 Å². The Morgan fingerprint density at radius 3 is 2.85 bits per heavy atom. The molecule has 1 saturated heterocycles. The molecule has 112 valence electrons. The first-order valence-electron chi connectivity index (χ1n) is 6.41. The number of aryl methyl sites for hydroxylation is 1. The second kappa shape index (κ2) is 5.67. The van der Waals surface area contributed by atoms with Gasteiger partial charge in [0.1, 0.15) is 10.7 Å². The van der Waals surface area contributed by atoms with Gasteiger partial charge < -0.3 is 10.5 Å². The summed E-state index contributed by atoms with van der Waals surface area (Å²) in [5.74, 6) is -0.575. The lowest BCUT2D eigenvalue weighted by atomic mass is 10.1. The Bertz CT molecular complexity index is 604. The van der Waals surface area contributed by atoms with Gasteiger partial charge in [-0.2, -0.15) is 4.31 Å². The molecule has 2 N–H and O–H groups in total. The van der Waals surface area contributed by atoms with Gasteiger partial charge in [-0.3, -0.25) is 0 Å². The quantitative estimate of drug-likeness (QED) is 0.853. The van der Waals surface area contributed by atoms with Gasteiger partial charge in [0.25, 0.3) is 0 Å². The zero-order valence-corrected chi connectivity index (χ0v) is 12.4. The fourth-order valence-corrected chi connectivity index (χ4v) is 4.18. The molecule has 0 amide bonds. The second-order valence-corrected chi connectivity index (χ2v) is 7.03. The van der Waals surface area contributed by atoms with E-state index in [0.717, 1.165) is 6.42 Å². The van der Waals surface area contributed by atoms with Gasteiger partial charge in [-0.1, -0.05) is 0 Å². The first-order valence-corrected chi connectivity index (χ1v) is 7.85. The second-order valence-electron chi connectivity index (χ2n) is 5.12. The molecule has 7 heteroatoms. The number of halogens is 1. The average molecular weight is 302 g/mol. The molecule has 5 nitrogen and oxygen atoms in total. The van der Waals surface area contributed by atoms with Crippen molar-refractivity contribution in [1.82, 2.24) is 4.31 Å². The van der Waals surface area contributed by atoms with Crippen LogP contribution in [-0.2, 0) is 14.8 Å². The molecule has 1 fully saturated rings. The molecule has 1 unspecified atom stereocenters. The lowest BCUT2D eigenvalue weighted by Gasteiger charge is -2.18. The van der Waals surface area contributed by atoms with E-state index in [1.165, 1.54) is 23.4 Å². The predicted molar refractivity (Wildman–Crippen MR) is 74.3 cm³/mol. The first kappa shape index (κ1) is 15.2. The first-order chi connectivity index (χ1) is 9.36. The number of hydrogen-bond donors (Lipinski definition) is 1. The molecule has 0 bridgehead atoms. The third-order valence-corrected chi connectivity index (χ3v) is 5.38. The largest absolute Gasteiger partial charge is 0.399 e. The standard InChI is InChI=1S/C13H19FN2O3S/c1-9-5-11(15)6-12(13(9)14)20(17,18)16-4-3-10(7-16)8-19-2/h5-6,10H,3-4,7-8,15H2,1-2H3. The molecule has 0 radical (unpaired) electrons. The number of hydrogen-bond acceptors (Lipinski definition) is 4. The van der Waals surface area contributed by atoms with E-state index in [0.29, 0.717) is 19.7 Å². The van der Waals surface area contributed by atoms with Crippen molar-refractivity contribution in [3.8, 4) is 0 Å². The highest BCUT2D eigenvalue weighted by atomic mass is 32.2. The molecular formula is C13H19FN2O3S. The van der Waals surface area contributed by atoms with Gasteiger partial charge in [-0.15, -0.1) is 0 Å². The Morgan fingerprint density at radius 2 is 2.20 bits per heavy atom. The molecule has 0 aromatic heterocycles. The maximum atomic E-state index is 14.1. The minimum atomic E-state index is -3.84. The SMILES string of the molecule is COCC1CCN(S(=O)(=O)c2cc(N)cc(C)c2F)C1. The summed E-state index contributed by atoms with van der Waals surface area (Å²) in [5, 5.41) is 0. The van der Waals surface area contributed by atoms with Crippen molar-refractivity contribution in [2.24, 2.45) is 5.92 Å². The highest BCUT2D eigenvalue weighted by Gasteiger charge is 2.34. The molecule has 1 heterocycles. The zero-order chi connectivity index (χ0) is 14.9. The summed E-state index contributed by atoms with van der Waals surface area (Å²) < 4.78 is 45.4. The number of ether oxygens (including phenoxy) is 1. The predicted octanol–water partition coefficient (Wildman–Crippen LogP) is 1.37. The normalized spacial score (nSPS) is 20.4. The summed E-state index contributed by atoms with van der Waals surface area (Å²) in [6.45, 7) is 2.74. The Hall–Kier alpha value is -1.18. The van der Waals surface area contributed by atoms with Gasteiger partial charge in [0, 0.05) is 25.9 Å². The van der Waals surface area contributed by atoms with Crippen molar-refractivity contribution in [2.45, 2.75) is 18.2 Å². The van der Waals surface area contributed by atoms with E-state index in [2.05, 4.69) is 0 Å². The number of anilines is 1. The molecule has 0 spiro atoms. The number of rotatable bonds is 4. The number of nitrogens with zero attached hydrogens (tertiary/aromatic N) is 1. The monoisotopic (exact) mass is 302 g/mol. The summed E-state index contributed by atoms with van der Waals surface area (Å²) in [7, 11) is -2.26. The van der Waals surface area contributed by atoms with E-state index in [9.17, 15) is 12.8 Å². The molecule has 0 aliphatic carbocycles. The Labute approximate surface area is 118 Å². The van der Waals surface area contributed by atoms with Gasteiger partial charge in [0.15, 0.2) is 0 Å². The maximum Gasteiger partial charge on any atom is 0.246 e. The van der Waals surface area contributed by atoms with Crippen molar-refractivity contribution in [3.63, 3.8) is 0 Å². The van der Waals surface area contributed by atoms with Crippen LogP contribution in [0.4, 0.5) is 10.1 Å². The molecule has 1 aliphatic heterocycles. The maximum absolute atomic E-state index is 14.1. The highest BCUT2D eigenvalue weighted by molar-refractivity contribution is 7.89. The van der Waals surface area contributed by atoms with Crippen LogP contribution in [0.3, 0.4) is 0 Å². The zero-order valence-electron chi connectivity index (χ0n) is 11.6. The molecule has 1 aliphatic rings. The van der Waals surface area contributed by atoms with Gasteiger partial charge in [0.2, 0.25) is 10.0 Å². The molecule has 2 rings (SSSR count). The minimum Gasteiger partial charge on any atom is -0.399 e. The van der Waals surface area contributed by atoms with Crippen molar-refractivity contribution >= 4 is 15.7 Å². The molecule has 1 aromatic rings. The van der Waals surface area contributed by atoms with Gasteiger partial charge in [-0.25, -0.2) is 12.8 Å². The topological polar surface area (TPSA) is 72.6 Å². The van der Waals surface area contributed by atoms with E-state index >= 15 is 0 Å².